The van der Waals surface area contributed by atoms with E-state index < -0.39 is 5.60 Å². The average molecular weight is 210 g/mol. The second-order valence-corrected chi connectivity index (χ2v) is 3.97. The van der Waals surface area contributed by atoms with Crippen LogP contribution in [0.15, 0.2) is 24.3 Å². The van der Waals surface area contributed by atoms with Crippen molar-refractivity contribution < 1.29 is 9.50 Å². The molecule has 84 valence electrons. The lowest BCUT2D eigenvalue weighted by molar-refractivity contribution is 0.0177. The van der Waals surface area contributed by atoms with Crippen molar-refractivity contribution in [2.45, 2.75) is 45.1 Å². The van der Waals surface area contributed by atoms with Gasteiger partial charge in [-0.3, -0.25) is 0 Å². The minimum atomic E-state index is -0.999. The monoisotopic (exact) mass is 210 g/mol. The zero-order chi connectivity index (χ0) is 11.3. The third kappa shape index (κ3) is 2.78. The van der Waals surface area contributed by atoms with Gasteiger partial charge in [0, 0.05) is 5.56 Å². The SMILES string of the molecule is CCCCC(O)(CC)c1ccccc1F. The Morgan fingerprint density at radius 2 is 1.93 bits per heavy atom. The Morgan fingerprint density at radius 1 is 1.27 bits per heavy atom. The summed E-state index contributed by atoms with van der Waals surface area (Å²) < 4.78 is 13.5. The van der Waals surface area contributed by atoms with Crippen LogP contribution in [0, 0.1) is 5.82 Å². The van der Waals surface area contributed by atoms with E-state index in [0.717, 1.165) is 12.8 Å². The number of hydrogen-bond donors (Lipinski definition) is 1. The van der Waals surface area contributed by atoms with Crippen LogP contribution in [0.2, 0.25) is 0 Å². The van der Waals surface area contributed by atoms with Crippen molar-refractivity contribution >= 4 is 0 Å². The minimum absolute atomic E-state index is 0.307. The number of rotatable bonds is 5. The standard InChI is InChI=1S/C13H19FO/c1-3-5-10-13(15,4-2)11-8-6-7-9-12(11)14/h6-9,15H,3-5,10H2,1-2H3. The molecule has 0 aliphatic heterocycles. The van der Waals surface area contributed by atoms with Gasteiger partial charge in [-0.15, -0.1) is 0 Å². The van der Waals surface area contributed by atoms with Gasteiger partial charge in [-0.1, -0.05) is 44.9 Å². The third-order valence-corrected chi connectivity index (χ3v) is 2.90. The second kappa shape index (κ2) is 5.26. The quantitative estimate of drug-likeness (QED) is 0.787. The molecule has 0 amide bonds. The largest absolute Gasteiger partial charge is 0.385 e. The maximum atomic E-state index is 13.5. The highest BCUT2D eigenvalue weighted by molar-refractivity contribution is 5.24. The third-order valence-electron chi connectivity index (χ3n) is 2.90. The van der Waals surface area contributed by atoms with Crippen molar-refractivity contribution in [2.24, 2.45) is 0 Å². The van der Waals surface area contributed by atoms with Crippen molar-refractivity contribution in [3.05, 3.63) is 35.6 Å². The Bertz CT molecular complexity index is 311. The fourth-order valence-corrected chi connectivity index (χ4v) is 1.81. The maximum absolute atomic E-state index is 13.5. The first kappa shape index (κ1) is 12.2. The Hall–Kier alpha value is -0.890. The van der Waals surface area contributed by atoms with Gasteiger partial charge in [0.05, 0.1) is 5.60 Å². The minimum Gasteiger partial charge on any atom is -0.385 e. The van der Waals surface area contributed by atoms with E-state index in [0.29, 0.717) is 18.4 Å². The van der Waals surface area contributed by atoms with Gasteiger partial charge in [0.1, 0.15) is 5.82 Å². The van der Waals surface area contributed by atoms with Gasteiger partial charge in [-0.05, 0) is 18.9 Å². The number of halogens is 1. The number of hydrogen-bond acceptors (Lipinski definition) is 1. The first-order valence-corrected chi connectivity index (χ1v) is 5.61. The van der Waals surface area contributed by atoms with Crippen LogP contribution in [-0.4, -0.2) is 5.11 Å². The molecule has 0 aromatic heterocycles. The fraction of sp³-hybridized carbons (Fsp3) is 0.538. The Kier molecular flexibility index (Phi) is 4.28. The molecule has 1 nitrogen and oxygen atoms in total. The molecule has 0 radical (unpaired) electrons. The zero-order valence-electron chi connectivity index (χ0n) is 9.46. The van der Waals surface area contributed by atoms with Crippen molar-refractivity contribution in [3.8, 4) is 0 Å². The Labute approximate surface area is 90.9 Å². The van der Waals surface area contributed by atoms with Gasteiger partial charge in [0.15, 0.2) is 0 Å². The van der Waals surface area contributed by atoms with E-state index in [1.807, 2.05) is 6.92 Å². The predicted octanol–water partition coefficient (Wildman–Crippen LogP) is 3.61. The lowest BCUT2D eigenvalue weighted by Crippen LogP contribution is -2.25. The molecule has 2 heteroatoms. The molecule has 0 spiro atoms. The summed E-state index contributed by atoms with van der Waals surface area (Å²) in [5.74, 6) is -0.307. The molecule has 0 heterocycles. The lowest BCUT2D eigenvalue weighted by atomic mass is 9.86. The molecule has 0 fully saturated rings. The van der Waals surface area contributed by atoms with Gasteiger partial charge in [0.2, 0.25) is 0 Å². The average Bonchev–Trinajstić information content (AvgIpc) is 2.26. The van der Waals surface area contributed by atoms with Crippen LogP contribution in [0.1, 0.15) is 45.1 Å². The van der Waals surface area contributed by atoms with Crippen LogP contribution in [0.25, 0.3) is 0 Å². The fourth-order valence-electron chi connectivity index (χ4n) is 1.81. The number of unbranched alkanes of at least 4 members (excludes halogenated alkanes) is 1. The van der Waals surface area contributed by atoms with E-state index in [9.17, 15) is 9.50 Å². The van der Waals surface area contributed by atoms with Gasteiger partial charge >= 0.3 is 0 Å². The topological polar surface area (TPSA) is 20.2 Å². The molecule has 0 aliphatic carbocycles. The molecule has 1 atom stereocenters. The molecule has 0 bridgehead atoms. The number of benzene rings is 1. The van der Waals surface area contributed by atoms with Crippen molar-refractivity contribution in [1.82, 2.24) is 0 Å². The van der Waals surface area contributed by atoms with Crippen LogP contribution < -0.4 is 0 Å². The molecule has 1 aromatic carbocycles. The smallest absolute Gasteiger partial charge is 0.129 e. The summed E-state index contributed by atoms with van der Waals surface area (Å²) in [4.78, 5) is 0. The van der Waals surface area contributed by atoms with Crippen molar-refractivity contribution in [2.75, 3.05) is 0 Å². The second-order valence-electron chi connectivity index (χ2n) is 3.97. The van der Waals surface area contributed by atoms with Gasteiger partial charge in [0.25, 0.3) is 0 Å². The summed E-state index contributed by atoms with van der Waals surface area (Å²) >= 11 is 0. The van der Waals surface area contributed by atoms with Gasteiger partial charge in [-0.2, -0.15) is 0 Å². The Balaban J connectivity index is 2.95. The van der Waals surface area contributed by atoms with E-state index in [2.05, 4.69) is 6.92 Å². The Morgan fingerprint density at radius 3 is 2.47 bits per heavy atom. The van der Waals surface area contributed by atoms with Crippen LogP contribution in [0.3, 0.4) is 0 Å². The van der Waals surface area contributed by atoms with Crippen molar-refractivity contribution in [1.29, 1.82) is 0 Å². The molecule has 0 saturated heterocycles. The highest BCUT2D eigenvalue weighted by Crippen LogP contribution is 2.32. The highest BCUT2D eigenvalue weighted by atomic mass is 19.1. The molecular weight excluding hydrogens is 191 g/mol. The first-order chi connectivity index (χ1) is 7.14. The van der Waals surface area contributed by atoms with Crippen LogP contribution >= 0.6 is 0 Å². The molecule has 1 N–H and O–H groups in total. The van der Waals surface area contributed by atoms with E-state index in [-0.39, 0.29) is 5.82 Å². The zero-order valence-corrected chi connectivity index (χ0v) is 9.46. The van der Waals surface area contributed by atoms with Crippen molar-refractivity contribution in [3.63, 3.8) is 0 Å². The van der Waals surface area contributed by atoms with Gasteiger partial charge < -0.3 is 5.11 Å². The lowest BCUT2D eigenvalue weighted by Gasteiger charge is -2.27. The summed E-state index contributed by atoms with van der Waals surface area (Å²) in [6.45, 7) is 3.96. The van der Waals surface area contributed by atoms with E-state index >= 15 is 0 Å². The van der Waals surface area contributed by atoms with Crippen LogP contribution in [-0.2, 0) is 5.60 Å². The molecule has 0 aliphatic rings. The highest BCUT2D eigenvalue weighted by Gasteiger charge is 2.28. The van der Waals surface area contributed by atoms with E-state index in [4.69, 9.17) is 0 Å². The van der Waals surface area contributed by atoms with Crippen LogP contribution in [0.4, 0.5) is 4.39 Å². The molecule has 0 saturated carbocycles. The first-order valence-electron chi connectivity index (χ1n) is 5.61. The van der Waals surface area contributed by atoms with Crippen LogP contribution in [0.5, 0.6) is 0 Å². The molecule has 1 rings (SSSR count). The predicted molar refractivity (Wildman–Crippen MR) is 60.1 cm³/mol. The summed E-state index contributed by atoms with van der Waals surface area (Å²) in [5.41, 5.74) is -0.567. The molecular formula is C13H19FO. The summed E-state index contributed by atoms with van der Waals surface area (Å²) in [5, 5.41) is 10.4. The summed E-state index contributed by atoms with van der Waals surface area (Å²) in [6, 6.07) is 6.50. The van der Waals surface area contributed by atoms with Gasteiger partial charge in [-0.25, -0.2) is 4.39 Å². The number of aliphatic hydroxyl groups is 1. The molecule has 1 aromatic rings. The molecule has 1 unspecified atom stereocenters. The summed E-state index contributed by atoms with van der Waals surface area (Å²) in [6.07, 6.45) is 3.10. The molecule has 15 heavy (non-hydrogen) atoms. The normalized spacial score (nSPS) is 14.9. The maximum Gasteiger partial charge on any atom is 0.129 e. The summed E-state index contributed by atoms with van der Waals surface area (Å²) in [7, 11) is 0. The van der Waals surface area contributed by atoms with E-state index in [1.54, 1.807) is 18.2 Å². The van der Waals surface area contributed by atoms with E-state index in [1.165, 1.54) is 6.07 Å².